The Morgan fingerprint density at radius 2 is 2.00 bits per heavy atom. The van der Waals surface area contributed by atoms with Gasteiger partial charge in [-0.15, -0.1) is 0 Å². The molecule has 0 aromatic heterocycles. The Kier molecular flexibility index (Phi) is 10.0. The van der Waals surface area contributed by atoms with Gasteiger partial charge >= 0.3 is 0 Å². The normalized spacial score (nSPS) is 16.7. The van der Waals surface area contributed by atoms with Crippen molar-refractivity contribution in [3.05, 3.63) is 70.1 Å². The van der Waals surface area contributed by atoms with Crippen molar-refractivity contribution < 1.29 is 28.8 Å². The number of methoxy groups -OCH3 is 2. The van der Waals surface area contributed by atoms with Gasteiger partial charge in [-0.2, -0.15) is 0 Å². The zero-order chi connectivity index (χ0) is 25.8. The van der Waals surface area contributed by atoms with Crippen LogP contribution in [0, 0.1) is 0 Å². The molecule has 192 valence electrons. The van der Waals surface area contributed by atoms with Crippen molar-refractivity contribution in [3.8, 4) is 5.75 Å². The molecular weight excluding hydrogens is 468 g/mol. The third kappa shape index (κ3) is 6.94. The molecule has 0 radical (unpaired) electrons. The third-order valence-corrected chi connectivity index (χ3v) is 5.48. The van der Waals surface area contributed by atoms with E-state index in [4.69, 9.17) is 34.6 Å². The van der Waals surface area contributed by atoms with Crippen LogP contribution in [0.1, 0.15) is 17.5 Å². The molecule has 0 fully saturated rings. The fraction of sp³-hybridized carbons (Fsp3) is 0.417. The molecule has 3 N–H and O–H groups in total. The van der Waals surface area contributed by atoms with E-state index >= 15 is 0 Å². The first-order valence-electron chi connectivity index (χ1n) is 11.3. The number of nitrogens with zero attached hydrogens (tertiary/aromatic N) is 4. The van der Waals surface area contributed by atoms with Crippen LogP contribution in [-0.4, -0.2) is 69.3 Å². The summed E-state index contributed by atoms with van der Waals surface area (Å²) < 4.78 is 21.7. The summed E-state index contributed by atoms with van der Waals surface area (Å²) in [5.41, 5.74) is 14.8. The van der Waals surface area contributed by atoms with Gasteiger partial charge in [-0.25, -0.2) is 10.4 Å². The van der Waals surface area contributed by atoms with Crippen LogP contribution in [0.3, 0.4) is 0 Å². The van der Waals surface area contributed by atoms with Gasteiger partial charge in [0.2, 0.25) is 5.90 Å². The lowest BCUT2D eigenvalue weighted by molar-refractivity contribution is -0.129. The molecule has 1 heterocycles. The Balaban J connectivity index is 1.85. The largest absolute Gasteiger partial charge is 0.494 e. The summed E-state index contributed by atoms with van der Waals surface area (Å²) in [5.74, 6) is 0.524. The molecule has 2 aromatic carbocycles. The highest BCUT2D eigenvalue weighted by Gasteiger charge is 2.45. The van der Waals surface area contributed by atoms with E-state index < -0.39 is 17.7 Å². The van der Waals surface area contributed by atoms with Gasteiger partial charge in [0.1, 0.15) is 12.4 Å². The van der Waals surface area contributed by atoms with Crippen LogP contribution < -0.4 is 15.6 Å². The predicted molar refractivity (Wildman–Crippen MR) is 132 cm³/mol. The molecule has 2 aromatic rings. The first kappa shape index (κ1) is 26.9. The molecule has 12 nitrogen and oxygen atoms in total. The van der Waals surface area contributed by atoms with Crippen molar-refractivity contribution in [2.75, 3.05) is 40.6 Å². The number of aliphatic hydroxyl groups excluding tert-OH is 1. The first-order valence-corrected chi connectivity index (χ1v) is 11.3. The zero-order valence-corrected chi connectivity index (χ0v) is 20.2. The van der Waals surface area contributed by atoms with Crippen molar-refractivity contribution in [1.29, 1.82) is 0 Å². The average Bonchev–Trinajstić information content (AvgIpc) is 3.34. The number of amides is 1. The number of hydrazine groups is 1. The van der Waals surface area contributed by atoms with Crippen LogP contribution in [0.25, 0.3) is 10.4 Å². The topological polar surface area (TPSA) is 159 Å². The maximum atomic E-state index is 13.4. The second kappa shape index (κ2) is 13.4. The second-order valence-corrected chi connectivity index (χ2v) is 7.92. The van der Waals surface area contributed by atoms with Gasteiger partial charge in [-0.05, 0) is 35.4 Å². The van der Waals surface area contributed by atoms with Crippen LogP contribution in [0.5, 0.6) is 5.75 Å². The van der Waals surface area contributed by atoms with Crippen molar-refractivity contribution >= 4 is 17.5 Å². The van der Waals surface area contributed by atoms with Gasteiger partial charge in [0.25, 0.3) is 5.91 Å². The van der Waals surface area contributed by atoms with Crippen molar-refractivity contribution in [2.45, 2.75) is 24.7 Å². The molecular formula is C24H30N6O6. The molecule has 12 heteroatoms. The summed E-state index contributed by atoms with van der Waals surface area (Å²) in [4.78, 5) is 21.0. The molecule has 0 aliphatic carbocycles. The Labute approximate surface area is 208 Å². The third-order valence-electron chi connectivity index (χ3n) is 5.48. The lowest BCUT2D eigenvalue weighted by Crippen LogP contribution is -2.54. The number of azide groups is 1. The van der Waals surface area contributed by atoms with E-state index in [9.17, 15) is 4.79 Å². The highest BCUT2D eigenvalue weighted by atomic mass is 16.7. The maximum Gasteiger partial charge on any atom is 0.266 e. The van der Waals surface area contributed by atoms with E-state index in [0.717, 1.165) is 0 Å². The van der Waals surface area contributed by atoms with E-state index in [0.29, 0.717) is 41.5 Å². The lowest BCUT2D eigenvalue weighted by atomic mass is 9.91. The number of nitrogens with one attached hydrogen (secondary N) is 2. The van der Waals surface area contributed by atoms with Crippen molar-refractivity contribution in [3.63, 3.8) is 0 Å². The summed E-state index contributed by atoms with van der Waals surface area (Å²) in [6, 6.07) is 14.1. The molecule has 1 aliphatic rings. The average molecular weight is 499 g/mol. The summed E-state index contributed by atoms with van der Waals surface area (Å²) in [7, 11) is 2.99. The number of carbonyl (C=O) groups is 1. The van der Waals surface area contributed by atoms with Gasteiger partial charge in [-0.3, -0.25) is 10.2 Å². The number of aliphatic imine (C=N–C) groups is 1. The minimum Gasteiger partial charge on any atom is -0.494 e. The molecule has 0 bridgehead atoms. The zero-order valence-electron chi connectivity index (χ0n) is 20.2. The molecule has 1 atom stereocenters. The van der Waals surface area contributed by atoms with E-state index in [2.05, 4.69) is 20.9 Å². The molecule has 0 unspecified atom stereocenters. The first-order chi connectivity index (χ1) is 17.5. The van der Waals surface area contributed by atoms with Crippen molar-refractivity contribution in [2.24, 2.45) is 10.1 Å². The quantitative estimate of drug-likeness (QED) is 0.0900. The monoisotopic (exact) mass is 498 g/mol. The van der Waals surface area contributed by atoms with Gasteiger partial charge in [0.05, 0.1) is 13.2 Å². The van der Waals surface area contributed by atoms with E-state index in [1.807, 2.05) is 0 Å². The van der Waals surface area contributed by atoms with Crippen LogP contribution in [-0.2, 0) is 25.4 Å². The highest BCUT2D eigenvalue weighted by Crippen LogP contribution is 2.31. The fourth-order valence-electron chi connectivity index (χ4n) is 3.55. The molecule has 1 amide bonds. The fourth-order valence-corrected chi connectivity index (χ4v) is 3.55. The number of hydrogen-bond acceptors (Lipinski definition) is 9. The minimum atomic E-state index is -1.32. The van der Waals surface area contributed by atoms with Gasteiger partial charge in [0.15, 0.2) is 11.8 Å². The highest BCUT2D eigenvalue weighted by molar-refractivity contribution is 6.00. The lowest BCUT2D eigenvalue weighted by Gasteiger charge is -2.24. The number of rotatable bonds is 14. The molecule has 36 heavy (non-hydrogen) atoms. The van der Waals surface area contributed by atoms with Gasteiger partial charge in [-0.1, -0.05) is 29.4 Å². The number of ether oxygens (including phenoxy) is 4. The summed E-state index contributed by atoms with van der Waals surface area (Å²) in [6.45, 7) is 0.649. The number of benzene rings is 2. The Morgan fingerprint density at radius 1 is 1.25 bits per heavy atom. The molecule has 3 rings (SSSR count). The van der Waals surface area contributed by atoms with E-state index in [-0.39, 0.29) is 26.2 Å². The predicted octanol–water partition coefficient (Wildman–Crippen LogP) is 2.39. The molecule has 0 saturated carbocycles. The van der Waals surface area contributed by atoms with Crippen molar-refractivity contribution in [1.82, 2.24) is 10.9 Å². The van der Waals surface area contributed by atoms with Crippen LogP contribution in [0.2, 0.25) is 0 Å². The van der Waals surface area contributed by atoms with E-state index in [1.54, 1.807) is 48.5 Å². The van der Waals surface area contributed by atoms with Crippen LogP contribution in [0.15, 0.2) is 58.6 Å². The Bertz CT molecular complexity index is 1080. The SMILES string of the molecule is COC(CNNC(=O)[C@]1(Cc2ccccc2N=[N+]=[N-])COC(c2ccc(OCCCO)cc2)=N1)OC. The Hall–Kier alpha value is -3.67. The van der Waals surface area contributed by atoms with Crippen LogP contribution >= 0.6 is 0 Å². The Morgan fingerprint density at radius 3 is 2.69 bits per heavy atom. The minimum absolute atomic E-state index is 0.0207. The van der Waals surface area contributed by atoms with Crippen LogP contribution in [0.4, 0.5) is 5.69 Å². The second-order valence-electron chi connectivity index (χ2n) is 7.92. The van der Waals surface area contributed by atoms with Gasteiger partial charge in [0, 0.05) is 49.8 Å². The molecule has 0 saturated heterocycles. The molecule has 1 aliphatic heterocycles. The summed E-state index contributed by atoms with van der Waals surface area (Å²) >= 11 is 0. The van der Waals surface area contributed by atoms with Gasteiger partial charge < -0.3 is 24.1 Å². The smallest absolute Gasteiger partial charge is 0.266 e. The number of hydrogen-bond donors (Lipinski definition) is 3. The molecule has 0 spiro atoms. The standard InChI is InChI=1S/C24H30N6O6/c1-33-21(34-2)15-26-29-23(32)24(14-18-6-3-4-7-20(18)28-30-25)16-36-22(27-24)17-8-10-19(11-9-17)35-13-5-12-31/h3-4,6-11,21,26,31H,5,12-16H2,1-2H3,(H,29,32)/t24-/m0/s1. The number of carbonyl (C=O) groups excluding carboxylic acids is 1. The summed E-state index contributed by atoms with van der Waals surface area (Å²) in [6.07, 6.45) is 0.124. The maximum absolute atomic E-state index is 13.4. The van der Waals surface area contributed by atoms with E-state index in [1.165, 1.54) is 14.2 Å². The number of aliphatic hydroxyl groups is 1. The summed E-state index contributed by atoms with van der Waals surface area (Å²) in [5, 5.41) is 12.6.